The van der Waals surface area contributed by atoms with Gasteiger partial charge in [-0.2, -0.15) is 0 Å². The summed E-state index contributed by atoms with van der Waals surface area (Å²) in [6.45, 7) is 0.467. The summed E-state index contributed by atoms with van der Waals surface area (Å²) in [4.78, 5) is 12.2. The van der Waals surface area contributed by atoms with Crippen LogP contribution in [0.1, 0.15) is 5.56 Å². The van der Waals surface area contributed by atoms with Crippen molar-refractivity contribution in [3.8, 4) is 11.6 Å². The Hall–Kier alpha value is -4.13. The van der Waals surface area contributed by atoms with Crippen LogP contribution in [0, 0.1) is 0 Å². The van der Waals surface area contributed by atoms with Gasteiger partial charge in [0.1, 0.15) is 5.75 Å². The van der Waals surface area contributed by atoms with E-state index in [2.05, 4.69) is 15.5 Å². The summed E-state index contributed by atoms with van der Waals surface area (Å²) in [5.41, 5.74) is 2.92. The Bertz CT molecular complexity index is 1220. The molecule has 4 aromatic rings. The Morgan fingerprint density at radius 3 is 2.45 bits per heavy atom. The molecule has 0 bridgehead atoms. The van der Waals surface area contributed by atoms with E-state index in [0.29, 0.717) is 6.54 Å². The van der Waals surface area contributed by atoms with Crippen LogP contribution in [0.25, 0.3) is 10.9 Å². The molecule has 0 atom stereocenters. The van der Waals surface area contributed by atoms with Gasteiger partial charge < -0.3 is 19.7 Å². The number of methoxy groups -OCH3 is 1. The van der Waals surface area contributed by atoms with E-state index in [1.54, 1.807) is 23.8 Å². The number of benzene rings is 3. The third-order valence-electron chi connectivity index (χ3n) is 4.90. The molecule has 0 saturated heterocycles. The van der Waals surface area contributed by atoms with Gasteiger partial charge in [0.15, 0.2) is 5.69 Å². The minimum atomic E-state index is -0.449. The summed E-state index contributed by atoms with van der Waals surface area (Å²) in [6.07, 6.45) is 0. The second kappa shape index (κ2) is 9.13. The van der Waals surface area contributed by atoms with E-state index in [1.807, 2.05) is 66.7 Å². The van der Waals surface area contributed by atoms with Gasteiger partial charge in [0.25, 0.3) is 5.91 Å². The number of anilines is 1. The number of carbonyl (C=O) groups excluding carboxylic acids is 1. The Morgan fingerprint density at radius 2 is 1.71 bits per heavy atom. The number of amides is 1. The van der Waals surface area contributed by atoms with E-state index in [-0.39, 0.29) is 18.1 Å². The van der Waals surface area contributed by atoms with Gasteiger partial charge in [-0.25, -0.2) is 0 Å². The number of nitrogens with zero attached hydrogens (tertiary/aromatic N) is 3. The van der Waals surface area contributed by atoms with Crippen molar-refractivity contribution in [2.45, 2.75) is 6.54 Å². The summed E-state index contributed by atoms with van der Waals surface area (Å²) >= 11 is 0. The maximum atomic E-state index is 12.2. The number of aromatic nitrogens is 1. The Balaban J connectivity index is 1.52. The molecule has 7 nitrogen and oxygen atoms in total. The highest BCUT2D eigenvalue weighted by Crippen LogP contribution is 2.39. The molecule has 0 aliphatic heterocycles. The van der Waals surface area contributed by atoms with Crippen LogP contribution in [0.3, 0.4) is 0 Å². The van der Waals surface area contributed by atoms with Crippen molar-refractivity contribution in [2.75, 3.05) is 19.0 Å². The lowest BCUT2D eigenvalue weighted by atomic mass is 10.2. The maximum Gasteiger partial charge on any atom is 0.283 e. The zero-order chi connectivity index (χ0) is 21.6. The fourth-order valence-corrected chi connectivity index (χ4v) is 3.32. The average molecular weight is 414 g/mol. The molecule has 1 amide bonds. The fraction of sp³-hybridized carbons (Fsp3) is 0.125. The number of nitrogens with one attached hydrogen (secondary N) is 1. The first-order valence-electron chi connectivity index (χ1n) is 9.82. The summed E-state index contributed by atoms with van der Waals surface area (Å²) in [7, 11) is 1.60. The van der Waals surface area contributed by atoms with Gasteiger partial charge in [0.05, 0.1) is 25.7 Å². The minimum absolute atomic E-state index is 0.0146. The molecule has 31 heavy (non-hydrogen) atoms. The summed E-state index contributed by atoms with van der Waals surface area (Å²) in [6, 6.07) is 24.6. The molecule has 156 valence electrons. The molecule has 1 aromatic heterocycles. The van der Waals surface area contributed by atoms with Gasteiger partial charge in [0, 0.05) is 11.1 Å². The number of para-hydroxylation sites is 1. The average Bonchev–Trinajstić information content (AvgIpc) is 3.08. The molecule has 7 heteroatoms. The van der Waals surface area contributed by atoms with Crippen LogP contribution in [0.2, 0.25) is 0 Å². The van der Waals surface area contributed by atoms with Crippen molar-refractivity contribution in [1.82, 2.24) is 4.57 Å². The highest BCUT2D eigenvalue weighted by Gasteiger charge is 2.17. The molecule has 4 rings (SSSR count). The third kappa shape index (κ3) is 4.56. The number of hydrogen-bond acceptors (Lipinski definition) is 5. The normalized spacial score (nSPS) is 11.1. The molecule has 0 saturated carbocycles. The van der Waals surface area contributed by atoms with Gasteiger partial charge >= 0.3 is 0 Å². The Morgan fingerprint density at radius 1 is 1.00 bits per heavy atom. The number of carbonyl (C=O) groups is 1. The van der Waals surface area contributed by atoms with E-state index in [4.69, 9.17) is 4.74 Å². The number of azo groups is 1. The molecule has 2 N–H and O–H groups in total. The van der Waals surface area contributed by atoms with Gasteiger partial charge in [0.2, 0.25) is 5.88 Å². The number of hydrogen-bond donors (Lipinski definition) is 2. The predicted molar refractivity (Wildman–Crippen MR) is 120 cm³/mol. The number of aromatic hydroxyl groups is 1. The van der Waals surface area contributed by atoms with Crippen molar-refractivity contribution in [3.63, 3.8) is 0 Å². The predicted octanol–water partition coefficient (Wildman–Crippen LogP) is 5.13. The first kappa shape index (κ1) is 20.2. The first-order valence-corrected chi connectivity index (χ1v) is 9.82. The molecule has 0 radical (unpaired) electrons. The zero-order valence-electron chi connectivity index (χ0n) is 17.0. The van der Waals surface area contributed by atoms with Crippen LogP contribution in [0.4, 0.5) is 11.4 Å². The number of fused-ring (bicyclic) bond motifs is 1. The lowest BCUT2D eigenvalue weighted by molar-refractivity contribution is -0.116. The topological polar surface area (TPSA) is 88.2 Å². The zero-order valence-corrected chi connectivity index (χ0v) is 17.0. The van der Waals surface area contributed by atoms with Gasteiger partial charge in [-0.05, 0) is 35.9 Å². The molecule has 3 aromatic carbocycles. The van der Waals surface area contributed by atoms with Gasteiger partial charge in [-0.1, -0.05) is 48.5 Å². The standard InChI is InChI=1S/C24H22N4O3/c1-31-19-13-11-18(12-14-19)25-15-22(29)26-27-23-20-9-5-6-10-21(20)28(24(23)30)16-17-7-3-2-4-8-17/h2-14,25,30H,15-16H2,1H3. The maximum absolute atomic E-state index is 12.2. The second-order valence-electron chi connectivity index (χ2n) is 6.94. The summed E-state index contributed by atoms with van der Waals surface area (Å²) in [5, 5.41) is 22.4. The van der Waals surface area contributed by atoms with Crippen LogP contribution in [-0.2, 0) is 11.3 Å². The van der Waals surface area contributed by atoms with E-state index >= 15 is 0 Å². The van der Waals surface area contributed by atoms with E-state index < -0.39 is 5.91 Å². The molecular formula is C24H22N4O3. The molecule has 0 aliphatic carbocycles. The number of rotatable bonds is 7. The van der Waals surface area contributed by atoms with Crippen molar-refractivity contribution >= 4 is 28.2 Å². The molecule has 0 spiro atoms. The van der Waals surface area contributed by atoms with E-state index in [0.717, 1.165) is 27.9 Å². The van der Waals surface area contributed by atoms with E-state index in [9.17, 15) is 9.90 Å². The molecular weight excluding hydrogens is 392 g/mol. The molecule has 0 fully saturated rings. The summed E-state index contributed by atoms with van der Waals surface area (Å²) in [5.74, 6) is 0.263. The van der Waals surface area contributed by atoms with Crippen LogP contribution >= 0.6 is 0 Å². The molecule has 0 aliphatic rings. The molecule has 1 heterocycles. The SMILES string of the molecule is COc1ccc(NCC(=O)N=Nc2c(O)n(Cc3ccccc3)c3ccccc23)cc1. The monoisotopic (exact) mass is 414 g/mol. The fourth-order valence-electron chi connectivity index (χ4n) is 3.32. The van der Waals surface area contributed by atoms with Crippen LogP contribution in [0.15, 0.2) is 89.1 Å². The van der Waals surface area contributed by atoms with E-state index in [1.165, 1.54) is 0 Å². The number of ether oxygens (including phenoxy) is 1. The highest BCUT2D eigenvalue weighted by molar-refractivity contribution is 5.95. The van der Waals surface area contributed by atoms with Gasteiger partial charge in [-0.15, -0.1) is 10.2 Å². The lowest BCUT2D eigenvalue weighted by Crippen LogP contribution is -2.10. The largest absolute Gasteiger partial charge is 0.497 e. The van der Waals surface area contributed by atoms with Crippen LogP contribution in [-0.4, -0.2) is 29.2 Å². The summed E-state index contributed by atoms with van der Waals surface area (Å²) < 4.78 is 6.88. The van der Waals surface area contributed by atoms with Crippen LogP contribution in [0.5, 0.6) is 11.6 Å². The Labute approximate surface area is 179 Å². The smallest absolute Gasteiger partial charge is 0.283 e. The minimum Gasteiger partial charge on any atom is -0.497 e. The van der Waals surface area contributed by atoms with Crippen molar-refractivity contribution in [1.29, 1.82) is 0 Å². The van der Waals surface area contributed by atoms with Crippen molar-refractivity contribution in [2.24, 2.45) is 10.2 Å². The third-order valence-corrected chi connectivity index (χ3v) is 4.90. The quantitative estimate of drug-likeness (QED) is 0.411. The van der Waals surface area contributed by atoms with Crippen molar-refractivity contribution < 1.29 is 14.6 Å². The first-order chi connectivity index (χ1) is 15.2. The Kier molecular flexibility index (Phi) is 5.93. The highest BCUT2D eigenvalue weighted by atomic mass is 16.5. The van der Waals surface area contributed by atoms with Crippen LogP contribution < -0.4 is 10.1 Å². The lowest BCUT2D eigenvalue weighted by Gasteiger charge is -2.06. The second-order valence-corrected chi connectivity index (χ2v) is 6.94. The van der Waals surface area contributed by atoms with Gasteiger partial charge in [-0.3, -0.25) is 4.79 Å². The molecule has 0 unspecified atom stereocenters. The van der Waals surface area contributed by atoms with Crippen molar-refractivity contribution in [3.05, 3.63) is 84.4 Å².